The normalized spacial score (nSPS) is 19.7. The van der Waals surface area contributed by atoms with Crippen LogP contribution in [0.1, 0.15) is 40.6 Å². The second-order valence-electron chi connectivity index (χ2n) is 5.62. The van der Waals surface area contributed by atoms with E-state index in [0.29, 0.717) is 12.0 Å². The van der Waals surface area contributed by atoms with Gasteiger partial charge < -0.3 is 15.2 Å². The highest BCUT2D eigenvalue weighted by molar-refractivity contribution is 5.95. The number of carbonyl (C=O) groups is 1. The van der Waals surface area contributed by atoms with Crippen molar-refractivity contribution in [3.8, 4) is 0 Å². The molecule has 0 atom stereocenters. The van der Waals surface area contributed by atoms with Gasteiger partial charge in [0.15, 0.2) is 0 Å². The van der Waals surface area contributed by atoms with Gasteiger partial charge in [0.1, 0.15) is 0 Å². The van der Waals surface area contributed by atoms with Gasteiger partial charge in [-0.1, -0.05) is 0 Å². The second kappa shape index (κ2) is 4.43. The molecule has 1 saturated carbocycles. The molecule has 2 fully saturated rings. The molecule has 0 unspecified atom stereocenters. The number of aryl methyl sites for hydroxylation is 1. The van der Waals surface area contributed by atoms with E-state index in [-0.39, 0.29) is 5.91 Å². The molecule has 4 nitrogen and oxygen atoms in total. The fourth-order valence-electron chi connectivity index (χ4n) is 2.73. The molecule has 1 amide bonds. The van der Waals surface area contributed by atoms with Crippen LogP contribution in [0.25, 0.3) is 0 Å². The van der Waals surface area contributed by atoms with Gasteiger partial charge in [0.2, 0.25) is 0 Å². The van der Waals surface area contributed by atoms with E-state index in [1.807, 2.05) is 6.07 Å². The zero-order valence-corrected chi connectivity index (χ0v) is 11.1. The molecule has 4 heteroatoms. The molecule has 1 saturated heterocycles. The van der Waals surface area contributed by atoms with E-state index in [2.05, 4.69) is 29.0 Å². The molecule has 1 aliphatic carbocycles. The Hall–Kier alpha value is -1.29. The summed E-state index contributed by atoms with van der Waals surface area (Å²) in [6, 6.07) is 2.67. The minimum Gasteiger partial charge on any atom is -0.352 e. The Morgan fingerprint density at radius 2 is 2.17 bits per heavy atom. The van der Waals surface area contributed by atoms with Crippen molar-refractivity contribution in [1.82, 2.24) is 15.2 Å². The summed E-state index contributed by atoms with van der Waals surface area (Å²) >= 11 is 0. The van der Waals surface area contributed by atoms with Crippen LogP contribution in [0.3, 0.4) is 0 Å². The van der Waals surface area contributed by atoms with Crippen LogP contribution in [-0.2, 0) is 0 Å². The van der Waals surface area contributed by atoms with Crippen LogP contribution in [-0.4, -0.2) is 30.1 Å². The zero-order valence-electron chi connectivity index (χ0n) is 11.1. The second-order valence-corrected chi connectivity index (χ2v) is 5.62. The lowest BCUT2D eigenvalue weighted by molar-refractivity contribution is 0.0941. The molecule has 98 valence electrons. The van der Waals surface area contributed by atoms with Gasteiger partial charge >= 0.3 is 0 Å². The summed E-state index contributed by atoms with van der Waals surface area (Å²) in [6.07, 6.45) is 2.51. The van der Waals surface area contributed by atoms with Crippen molar-refractivity contribution in [2.75, 3.05) is 19.6 Å². The highest BCUT2D eigenvalue weighted by atomic mass is 16.1. The van der Waals surface area contributed by atoms with Crippen molar-refractivity contribution in [3.63, 3.8) is 0 Å². The monoisotopic (exact) mass is 247 g/mol. The predicted molar refractivity (Wildman–Crippen MR) is 70.9 cm³/mol. The molecule has 2 heterocycles. The number of hydrogen-bond acceptors (Lipinski definition) is 2. The molecule has 0 bridgehead atoms. The first kappa shape index (κ1) is 11.8. The lowest BCUT2D eigenvalue weighted by Gasteiger charge is -2.27. The maximum atomic E-state index is 12.2. The van der Waals surface area contributed by atoms with Crippen LogP contribution in [0.5, 0.6) is 0 Å². The molecular weight excluding hydrogens is 226 g/mol. The summed E-state index contributed by atoms with van der Waals surface area (Å²) in [5.41, 5.74) is 3.19. The Kier molecular flexibility index (Phi) is 2.90. The lowest BCUT2D eigenvalue weighted by atomic mass is 10.0. The number of nitrogens with zero attached hydrogens (tertiary/aromatic N) is 1. The Morgan fingerprint density at radius 1 is 1.44 bits per heavy atom. The van der Waals surface area contributed by atoms with Gasteiger partial charge in [-0.25, -0.2) is 0 Å². The third kappa shape index (κ3) is 2.05. The number of aromatic nitrogens is 1. The van der Waals surface area contributed by atoms with Crippen LogP contribution in [0, 0.1) is 19.8 Å². The van der Waals surface area contributed by atoms with E-state index in [1.54, 1.807) is 0 Å². The number of amides is 1. The maximum absolute atomic E-state index is 12.2. The first-order chi connectivity index (χ1) is 8.66. The fourth-order valence-corrected chi connectivity index (χ4v) is 2.73. The molecule has 2 aliphatic rings. The number of hydrogen-bond donors (Lipinski definition) is 2. The summed E-state index contributed by atoms with van der Waals surface area (Å²) < 4.78 is 2.32. The van der Waals surface area contributed by atoms with E-state index in [9.17, 15) is 4.79 Å². The van der Waals surface area contributed by atoms with Crippen LogP contribution >= 0.6 is 0 Å². The standard InChI is InChI=1S/C14H21N3O/c1-9-5-13(10(2)17(9)12-3-4-12)14(18)16-8-11-6-15-7-11/h5,11-12,15H,3-4,6-8H2,1-2H3,(H,16,18). The first-order valence-electron chi connectivity index (χ1n) is 6.84. The highest BCUT2D eigenvalue weighted by Gasteiger charge is 2.28. The minimum atomic E-state index is 0.0851. The Labute approximate surface area is 108 Å². The lowest BCUT2D eigenvalue weighted by Crippen LogP contribution is -2.48. The van der Waals surface area contributed by atoms with E-state index in [4.69, 9.17) is 0 Å². The van der Waals surface area contributed by atoms with Crippen molar-refractivity contribution in [2.45, 2.75) is 32.7 Å². The molecule has 2 N–H and O–H groups in total. The fraction of sp³-hybridized carbons (Fsp3) is 0.643. The summed E-state index contributed by atoms with van der Waals surface area (Å²) in [5, 5.41) is 6.27. The van der Waals surface area contributed by atoms with E-state index in [1.165, 1.54) is 18.5 Å². The quantitative estimate of drug-likeness (QED) is 0.844. The van der Waals surface area contributed by atoms with Crippen LogP contribution in [0.15, 0.2) is 6.07 Å². The van der Waals surface area contributed by atoms with Crippen molar-refractivity contribution in [2.24, 2.45) is 5.92 Å². The molecule has 0 radical (unpaired) electrons. The number of carbonyl (C=O) groups excluding carboxylic acids is 1. The Balaban J connectivity index is 1.70. The van der Waals surface area contributed by atoms with Gasteiger partial charge in [-0.05, 0) is 32.8 Å². The van der Waals surface area contributed by atoms with Crippen molar-refractivity contribution in [1.29, 1.82) is 0 Å². The molecule has 0 spiro atoms. The molecule has 1 aromatic heterocycles. The van der Waals surface area contributed by atoms with Crippen molar-refractivity contribution < 1.29 is 4.79 Å². The van der Waals surface area contributed by atoms with Crippen LogP contribution in [0.2, 0.25) is 0 Å². The Bertz CT molecular complexity index is 470. The molecule has 1 aromatic rings. The van der Waals surface area contributed by atoms with Gasteiger partial charge in [-0.15, -0.1) is 0 Å². The van der Waals surface area contributed by atoms with Crippen LogP contribution in [0.4, 0.5) is 0 Å². The molecular formula is C14H21N3O. The average molecular weight is 247 g/mol. The van der Waals surface area contributed by atoms with Crippen LogP contribution < -0.4 is 10.6 Å². The van der Waals surface area contributed by atoms with Crippen molar-refractivity contribution in [3.05, 3.63) is 23.0 Å². The average Bonchev–Trinajstić information content (AvgIpc) is 3.04. The molecule has 1 aliphatic heterocycles. The SMILES string of the molecule is Cc1cc(C(=O)NCC2CNC2)c(C)n1C1CC1. The zero-order chi connectivity index (χ0) is 12.7. The third-order valence-corrected chi connectivity index (χ3v) is 4.06. The first-order valence-corrected chi connectivity index (χ1v) is 6.84. The molecule has 18 heavy (non-hydrogen) atoms. The van der Waals surface area contributed by atoms with Gasteiger partial charge in [0.05, 0.1) is 5.56 Å². The van der Waals surface area contributed by atoms with E-state index in [0.717, 1.165) is 30.9 Å². The van der Waals surface area contributed by atoms with E-state index >= 15 is 0 Å². The Morgan fingerprint density at radius 3 is 2.72 bits per heavy atom. The van der Waals surface area contributed by atoms with Gasteiger partial charge in [0, 0.05) is 43.0 Å². The predicted octanol–water partition coefficient (Wildman–Crippen LogP) is 1.39. The van der Waals surface area contributed by atoms with Crippen molar-refractivity contribution >= 4 is 5.91 Å². The molecule has 3 rings (SSSR count). The largest absolute Gasteiger partial charge is 0.352 e. The van der Waals surface area contributed by atoms with Gasteiger partial charge in [0.25, 0.3) is 5.91 Å². The summed E-state index contributed by atoms with van der Waals surface area (Å²) in [5.74, 6) is 0.697. The maximum Gasteiger partial charge on any atom is 0.253 e. The van der Waals surface area contributed by atoms with E-state index < -0.39 is 0 Å². The number of rotatable bonds is 4. The summed E-state index contributed by atoms with van der Waals surface area (Å²) in [6.45, 7) is 7.00. The van der Waals surface area contributed by atoms with Gasteiger partial charge in [-0.2, -0.15) is 0 Å². The topological polar surface area (TPSA) is 46.1 Å². The highest BCUT2D eigenvalue weighted by Crippen LogP contribution is 2.38. The molecule has 0 aromatic carbocycles. The number of nitrogens with one attached hydrogen (secondary N) is 2. The smallest absolute Gasteiger partial charge is 0.253 e. The summed E-state index contributed by atoms with van der Waals surface area (Å²) in [4.78, 5) is 12.2. The third-order valence-electron chi connectivity index (χ3n) is 4.06. The van der Waals surface area contributed by atoms with Gasteiger partial charge in [-0.3, -0.25) is 4.79 Å². The minimum absolute atomic E-state index is 0.0851. The summed E-state index contributed by atoms with van der Waals surface area (Å²) in [7, 11) is 0.